The number of hydrogen-bond donors (Lipinski definition) is 2. The van der Waals surface area contributed by atoms with Gasteiger partial charge >= 0.3 is 6.09 Å². The number of hydrogen-bond acceptors (Lipinski definition) is 3. The molecule has 0 aliphatic heterocycles. The molecule has 0 aromatic carbocycles. The Morgan fingerprint density at radius 1 is 1.25 bits per heavy atom. The highest BCUT2D eigenvalue weighted by Gasteiger charge is 2.21. The molecule has 6 heteroatoms. The molecule has 0 heterocycles. The zero-order chi connectivity index (χ0) is 15.8. The van der Waals surface area contributed by atoms with Crippen molar-refractivity contribution >= 4 is 12.0 Å². The van der Waals surface area contributed by atoms with Gasteiger partial charge in [-0.25, -0.2) is 9.18 Å². The smallest absolute Gasteiger partial charge is 0.407 e. The van der Waals surface area contributed by atoms with Crippen molar-refractivity contribution in [3.05, 3.63) is 0 Å². The molecule has 0 rings (SSSR count). The molecule has 2 amide bonds. The van der Waals surface area contributed by atoms with E-state index in [2.05, 4.69) is 10.6 Å². The van der Waals surface area contributed by atoms with Gasteiger partial charge in [-0.1, -0.05) is 13.8 Å². The molecule has 0 aliphatic carbocycles. The van der Waals surface area contributed by atoms with Gasteiger partial charge in [0, 0.05) is 19.0 Å². The Morgan fingerprint density at radius 3 is 2.30 bits per heavy atom. The van der Waals surface area contributed by atoms with Crippen LogP contribution in [0.25, 0.3) is 0 Å². The number of halogens is 1. The van der Waals surface area contributed by atoms with E-state index in [-0.39, 0.29) is 24.9 Å². The van der Waals surface area contributed by atoms with E-state index in [1.54, 1.807) is 20.8 Å². The van der Waals surface area contributed by atoms with Gasteiger partial charge in [-0.3, -0.25) is 4.79 Å². The highest BCUT2D eigenvalue weighted by Crippen LogP contribution is 2.11. The second-order valence-electron chi connectivity index (χ2n) is 6.22. The average Bonchev–Trinajstić information content (AvgIpc) is 2.22. The normalized spacial score (nSPS) is 12.9. The van der Waals surface area contributed by atoms with Crippen LogP contribution in [0.2, 0.25) is 0 Å². The van der Waals surface area contributed by atoms with Crippen LogP contribution in [0.5, 0.6) is 0 Å². The third-order valence-electron chi connectivity index (χ3n) is 2.33. The fourth-order valence-electron chi connectivity index (χ4n) is 1.72. The molecule has 0 unspecified atom stereocenters. The van der Waals surface area contributed by atoms with Crippen molar-refractivity contribution in [3.63, 3.8) is 0 Å². The minimum Gasteiger partial charge on any atom is -0.444 e. The average molecular weight is 290 g/mol. The zero-order valence-corrected chi connectivity index (χ0v) is 13.1. The number of carbonyl (C=O) groups excluding carboxylic acids is 2. The molecule has 20 heavy (non-hydrogen) atoms. The van der Waals surface area contributed by atoms with Crippen molar-refractivity contribution in [1.29, 1.82) is 0 Å². The molecule has 2 N–H and O–H groups in total. The van der Waals surface area contributed by atoms with Gasteiger partial charge in [-0.05, 0) is 33.1 Å². The predicted molar refractivity (Wildman–Crippen MR) is 76.2 cm³/mol. The Hall–Kier alpha value is -1.33. The van der Waals surface area contributed by atoms with Crippen LogP contribution in [0, 0.1) is 5.92 Å². The lowest BCUT2D eigenvalue weighted by Crippen LogP contribution is -2.42. The lowest BCUT2D eigenvalue weighted by molar-refractivity contribution is -0.121. The summed E-state index contributed by atoms with van der Waals surface area (Å²) in [5, 5.41) is 5.15. The molecule has 1 atom stereocenters. The van der Waals surface area contributed by atoms with E-state index < -0.39 is 18.4 Å². The third kappa shape index (κ3) is 10.6. The summed E-state index contributed by atoms with van der Waals surface area (Å²) in [7, 11) is 0. The van der Waals surface area contributed by atoms with Crippen LogP contribution in [-0.4, -0.2) is 36.9 Å². The number of nitrogens with one attached hydrogen (secondary N) is 2. The summed E-state index contributed by atoms with van der Waals surface area (Å²) >= 11 is 0. The quantitative estimate of drug-likeness (QED) is 0.756. The number of alkyl halides is 1. The number of amides is 2. The minimum atomic E-state index is -0.597. The van der Waals surface area contributed by atoms with E-state index >= 15 is 0 Å². The molecule has 0 saturated heterocycles. The van der Waals surface area contributed by atoms with Gasteiger partial charge in [0.15, 0.2) is 0 Å². The molecule has 0 radical (unpaired) electrons. The number of ether oxygens (including phenoxy) is 1. The summed E-state index contributed by atoms with van der Waals surface area (Å²) in [5.41, 5.74) is -0.580. The lowest BCUT2D eigenvalue weighted by Gasteiger charge is -2.24. The summed E-state index contributed by atoms with van der Waals surface area (Å²) in [6, 6.07) is -0.315. The maximum Gasteiger partial charge on any atom is 0.407 e. The Kier molecular flexibility index (Phi) is 8.18. The molecule has 5 nitrogen and oxygen atoms in total. The van der Waals surface area contributed by atoms with Gasteiger partial charge in [0.2, 0.25) is 5.91 Å². The highest BCUT2D eigenvalue weighted by molar-refractivity contribution is 5.77. The third-order valence-corrected chi connectivity index (χ3v) is 2.33. The predicted octanol–water partition coefficient (Wildman–Crippen LogP) is 2.40. The summed E-state index contributed by atoms with van der Waals surface area (Å²) in [5.74, 6) is 0.0493. The molecule has 118 valence electrons. The summed E-state index contributed by atoms with van der Waals surface area (Å²) in [4.78, 5) is 23.3. The number of rotatable bonds is 7. The summed E-state index contributed by atoms with van der Waals surface area (Å²) in [6.45, 7) is 8.74. The molecule has 0 spiro atoms. The Bertz CT molecular complexity index is 314. The van der Waals surface area contributed by atoms with Crippen molar-refractivity contribution in [2.45, 2.75) is 59.1 Å². The molecule has 0 bridgehead atoms. The van der Waals surface area contributed by atoms with Crippen molar-refractivity contribution < 1.29 is 18.7 Å². The number of carbonyl (C=O) groups is 2. The van der Waals surface area contributed by atoms with Crippen LogP contribution in [0.3, 0.4) is 0 Å². The molecule has 0 aromatic heterocycles. The van der Waals surface area contributed by atoms with Crippen molar-refractivity contribution in [2.24, 2.45) is 5.92 Å². The van der Waals surface area contributed by atoms with Crippen molar-refractivity contribution in [2.75, 3.05) is 13.2 Å². The fourth-order valence-corrected chi connectivity index (χ4v) is 1.72. The van der Waals surface area contributed by atoms with Crippen LogP contribution >= 0.6 is 0 Å². The van der Waals surface area contributed by atoms with Gasteiger partial charge in [0.05, 0.1) is 0 Å². The van der Waals surface area contributed by atoms with E-state index in [0.29, 0.717) is 12.3 Å². The monoisotopic (exact) mass is 290 g/mol. The van der Waals surface area contributed by atoms with Crippen LogP contribution in [0.4, 0.5) is 9.18 Å². The topological polar surface area (TPSA) is 67.4 Å². The Morgan fingerprint density at radius 2 is 1.85 bits per heavy atom. The molecule has 0 saturated carbocycles. The standard InChI is InChI=1S/C14H27FN2O3/c1-10(2)8-11(9-12(18)16-7-6-15)17-13(19)20-14(3,4)5/h10-11H,6-9H2,1-5H3,(H,16,18)(H,17,19)/t11-/m0/s1. The first-order valence-corrected chi connectivity index (χ1v) is 6.96. The van der Waals surface area contributed by atoms with Gasteiger partial charge in [-0.15, -0.1) is 0 Å². The second-order valence-corrected chi connectivity index (χ2v) is 6.22. The van der Waals surface area contributed by atoms with E-state index in [0.717, 1.165) is 0 Å². The van der Waals surface area contributed by atoms with Crippen LogP contribution in [-0.2, 0) is 9.53 Å². The maximum absolute atomic E-state index is 12.0. The van der Waals surface area contributed by atoms with E-state index in [1.165, 1.54) is 0 Å². The van der Waals surface area contributed by atoms with Crippen LogP contribution in [0.15, 0.2) is 0 Å². The van der Waals surface area contributed by atoms with E-state index in [4.69, 9.17) is 4.74 Å². The molecule has 0 fully saturated rings. The zero-order valence-electron chi connectivity index (χ0n) is 13.1. The first-order valence-electron chi connectivity index (χ1n) is 6.96. The SMILES string of the molecule is CC(C)C[C@@H](CC(=O)NCCF)NC(=O)OC(C)(C)C. The second kappa shape index (κ2) is 8.76. The van der Waals surface area contributed by atoms with E-state index in [9.17, 15) is 14.0 Å². The maximum atomic E-state index is 12.0. The van der Waals surface area contributed by atoms with Gasteiger partial charge < -0.3 is 15.4 Å². The minimum absolute atomic E-state index is 0.000328. The molecule has 0 aromatic rings. The molecule has 0 aliphatic rings. The number of alkyl carbamates (subject to hydrolysis) is 1. The van der Waals surface area contributed by atoms with Crippen molar-refractivity contribution in [1.82, 2.24) is 10.6 Å². The largest absolute Gasteiger partial charge is 0.444 e. The Labute approximate surface area is 120 Å². The fraction of sp³-hybridized carbons (Fsp3) is 0.857. The summed E-state index contributed by atoms with van der Waals surface area (Å²) < 4.78 is 17.2. The van der Waals surface area contributed by atoms with Gasteiger partial charge in [-0.2, -0.15) is 0 Å². The molecular formula is C14H27FN2O3. The van der Waals surface area contributed by atoms with Crippen molar-refractivity contribution in [3.8, 4) is 0 Å². The highest BCUT2D eigenvalue weighted by atomic mass is 19.1. The Balaban J connectivity index is 4.41. The van der Waals surface area contributed by atoms with Crippen LogP contribution < -0.4 is 10.6 Å². The first kappa shape index (κ1) is 18.7. The first-order chi connectivity index (χ1) is 9.14. The molecular weight excluding hydrogens is 263 g/mol. The van der Waals surface area contributed by atoms with Gasteiger partial charge in [0.1, 0.15) is 12.3 Å². The van der Waals surface area contributed by atoms with Gasteiger partial charge in [0.25, 0.3) is 0 Å². The lowest BCUT2D eigenvalue weighted by atomic mass is 10.0. The van der Waals surface area contributed by atoms with Crippen LogP contribution in [0.1, 0.15) is 47.5 Å². The van der Waals surface area contributed by atoms with E-state index in [1.807, 2.05) is 13.8 Å². The summed E-state index contributed by atoms with van der Waals surface area (Å²) in [6.07, 6.45) is 0.237.